The molecule has 124 valence electrons. The number of benzene rings is 2. The van der Waals surface area contributed by atoms with Crippen molar-refractivity contribution in [2.24, 2.45) is 0 Å². The van der Waals surface area contributed by atoms with Crippen LogP contribution in [0.1, 0.15) is 18.1 Å². The molecule has 0 bridgehead atoms. The summed E-state index contributed by atoms with van der Waals surface area (Å²) in [6.45, 7) is 8.57. The molecule has 4 heteroatoms. The van der Waals surface area contributed by atoms with Crippen molar-refractivity contribution in [3.05, 3.63) is 41.5 Å². The number of nitrogens with two attached hydrogens (primary N) is 1. The van der Waals surface area contributed by atoms with Crippen molar-refractivity contribution in [1.29, 1.82) is 0 Å². The van der Waals surface area contributed by atoms with Crippen molar-refractivity contribution in [3.63, 3.8) is 0 Å². The fraction of sp³-hybridized carbons (Fsp3) is 0.350. The number of nitrogens with zero attached hydrogens (tertiary/aromatic N) is 2. The minimum absolute atomic E-state index is 0.865. The van der Waals surface area contributed by atoms with Crippen molar-refractivity contribution in [1.82, 2.24) is 10.3 Å². The second-order valence-electron chi connectivity index (χ2n) is 6.55. The Balaban J connectivity index is 2.05. The van der Waals surface area contributed by atoms with E-state index in [4.69, 9.17) is 10.7 Å². The number of rotatable bonds is 2. The van der Waals surface area contributed by atoms with E-state index in [9.17, 15) is 0 Å². The maximum atomic E-state index is 6.61. The van der Waals surface area contributed by atoms with Gasteiger partial charge in [0.1, 0.15) is 0 Å². The van der Waals surface area contributed by atoms with Gasteiger partial charge in [0.2, 0.25) is 0 Å². The third-order valence-electron chi connectivity index (χ3n) is 5.06. The summed E-state index contributed by atoms with van der Waals surface area (Å²) < 4.78 is 0. The monoisotopic (exact) mass is 320 g/mol. The summed E-state index contributed by atoms with van der Waals surface area (Å²) in [5.74, 6) is 0. The first-order chi connectivity index (χ1) is 11.7. The quantitative estimate of drug-likeness (QED) is 0.712. The van der Waals surface area contributed by atoms with Crippen molar-refractivity contribution < 1.29 is 0 Å². The van der Waals surface area contributed by atoms with Gasteiger partial charge in [-0.1, -0.05) is 25.1 Å². The first-order valence-corrected chi connectivity index (χ1v) is 8.76. The van der Waals surface area contributed by atoms with Crippen LogP contribution >= 0.6 is 0 Å². The van der Waals surface area contributed by atoms with Gasteiger partial charge in [0.25, 0.3) is 0 Å². The number of fused-ring (bicyclic) bond motifs is 2. The Morgan fingerprint density at radius 2 is 1.92 bits per heavy atom. The van der Waals surface area contributed by atoms with Gasteiger partial charge in [-0.15, -0.1) is 0 Å². The largest absolute Gasteiger partial charge is 0.398 e. The summed E-state index contributed by atoms with van der Waals surface area (Å²) in [5.41, 5.74) is 13.4. The molecule has 0 spiro atoms. The van der Waals surface area contributed by atoms with E-state index < -0.39 is 0 Å². The van der Waals surface area contributed by atoms with Gasteiger partial charge in [0, 0.05) is 42.6 Å². The van der Waals surface area contributed by atoms with E-state index >= 15 is 0 Å². The average molecular weight is 320 g/mol. The number of para-hydroxylation sites is 1. The molecule has 1 saturated heterocycles. The van der Waals surface area contributed by atoms with E-state index in [2.05, 4.69) is 36.2 Å². The van der Waals surface area contributed by atoms with E-state index in [1.54, 1.807) is 0 Å². The summed E-state index contributed by atoms with van der Waals surface area (Å²) in [5, 5.41) is 5.62. The Hall–Kier alpha value is -2.33. The van der Waals surface area contributed by atoms with Gasteiger partial charge in [-0.2, -0.15) is 0 Å². The molecule has 0 aliphatic carbocycles. The van der Waals surface area contributed by atoms with Crippen LogP contribution in [0.25, 0.3) is 21.8 Å². The van der Waals surface area contributed by atoms with Gasteiger partial charge in [-0.05, 0) is 36.6 Å². The zero-order valence-corrected chi connectivity index (χ0v) is 14.4. The number of anilines is 2. The highest BCUT2D eigenvalue weighted by atomic mass is 15.2. The van der Waals surface area contributed by atoms with E-state index in [1.165, 1.54) is 16.8 Å². The molecule has 0 saturated carbocycles. The lowest BCUT2D eigenvalue weighted by atomic mass is 9.95. The van der Waals surface area contributed by atoms with Crippen LogP contribution in [0.4, 0.5) is 11.4 Å². The zero-order valence-electron chi connectivity index (χ0n) is 14.4. The average Bonchev–Trinajstić information content (AvgIpc) is 2.61. The summed E-state index contributed by atoms with van der Waals surface area (Å²) in [6, 6.07) is 10.4. The highest BCUT2D eigenvalue weighted by molar-refractivity contribution is 6.09. The summed E-state index contributed by atoms with van der Waals surface area (Å²) in [7, 11) is 0. The number of aromatic nitrogens is 1. The van der Waals surface area contributed by atoms with E-state index in [1.807, 2.05) is 18.2 Å². The van der Waals surface area contributed by atoms with Gasteiger partial charge in [0.05, 0.1) is 16.7 Å². The molecular formula is C20H24N4. The number of nitrogen functional groups attached to an aromatic ring is 1. The summed E-state index contributed by atoms with van der Waals surface area (Å²) >= 11 is 0. The summed E-state index contributed by atoms with van der Waals surface area (Å²) in [6.07, 6.45) is 0.960. The molecule has 1 aliphatic rings. The van der Waals surface area contributed by atoms with Crippen LogP contribution < -0.4 is 16.0 Å². The lowest BCUT2D eigenvalue weighted by Crippen LogP contribution is -2.44. The Morgan fingerprint density at radius 3 is 2.67 bits per heavy atom. The third-order valence-corrected chi connectivity index (χ3v) is 5.06. The number of piperazine rings is 1. The number of hydrogen-bond acceptors (Lipinski definition) is 4. The van der Waals surface area contributed by atoms with Crippen molar-refractivity contribution in [2.45, 2.75) is 20.3 Å². The molecule has 3 N–H and O–H groups in total. The first kappa shape index (κ1) is 15.2. The molecule has 4 nitrogen and oxygen atoms in total. The van der Waals surface area contributed by atoms with Crippen LogP contribution in [0.2, 0.25) is 0 Å². The fourth-order valence-electron chi connectivity index (χ4n) is 3.98. The molecule has 0 unspecified atom stereocenters. The van der Waals surface area contributed by atoms with Crippen LogP contribution in [0.15, 0.2) is 30.3 Å². The Morgan fingerprint density at radius 1 is 1.17 bits per heavy atom. The molecule has 2 aromatic carbocycles. The van der Waals surface area contributed by atoms with E-state index in [0.717, 1.165) is 60.1 Å². The van der Waals surface area contributed by atoms with E-state index in [0.29, 0.717) is 0 Å². The Labute approximate surface area is 142 Å². The number of pyridine rings is 1. The van der Waals surface area contributed by atoms with Gasteiger partial charge in [0.15, 0.2) is 0 Å². The van der Waals surface area contributed by atoms with Gasteiger partial charge in [-0.3, -0.25) is 0 Å². The van der Waals surface area contributed by atoms with E-state index in [-0.39, 0.29) is 0 Å². The number of hydrogen-bond donors (Lipinski definition) is 2. The molecular weight excluding hydrogens is 296 g/mol. The van der Waals surface area contributed by atoms with Crippen LogP contribution in [0.3, 0.4) is 0 Å². The molecule has 3 aromatic rings. The van der Waals surface area contributed by atoms with Gasteiger partial charge in [-0.25, -0.2) is 4.98 Å². The fourth-order valence-corrected chi connectivity index (χ4v) is 3.98. The molecule has 0 amide bonds. The molecule has 1 aromatic heterocycles. The molecule has 0 radical (unpaired) electrons. The molecule has 2 heterocycles. The summed E-state index contributed by atoms with van der Waals surface area (Å²) in [4.78, 5) is 7.38. The lowest BCUT2D eigenvalue weighted by Gasteiger charge is -2.33. The maximum absolute atomic E-state index is 6.61. The second kappa shape index (κ2) is 5.95. The number of nitrogens with one attached hydrogen (secondary N) is 1. The van der Waals surface area contributed by atoms with Crippen molar-refractivity contribution >= 4 is 33.2 Å². The zero-order chi connectivity index (χ0) is 16.7. The van der Waals surface area contributed by atoms with Crippen LogP contribution in [-0.4, -0.2) is 31.2 Å². The smallest absolute Gasteiger partial charge is 0.0737 e. The topological polar surface area (TPSA) is 54.2 Å². The normalized spacial score (nSPS) is 15.3. The standard InChI is InChI=1S/C20H24N4/c1-3-14-18-17(23-16-7-5-4-6-15(16)19(18)21)12-13(2)20(14)24-10-8-22-9-11-24/h4-7,12,22H,3,8-11H2,1-2H3,(H2,21,23). The van der Waals surface area contributed by atoms with Gasteiger partial charge >= 0.3 is 0 Å². The Kier molecular flexibility index (Phi) is 3.77. The predicted octanol–water partition coefficient (Wildman–Crippen LogP) is 3.25. The predicted molar refractivity (Wildman–Crippen MR) is 103 cm³/mol. The molecule has 0 atom stereocenters. The molecule has 1 fully saturated rings. The minimum Gasteiger partial charge on any atom is -0.398 e. The second-order valence-corrected chi connectivity index (χ2v) is 6.55. The SMILES string of the molecule is CCc1c(N2CCNCC2)c(C)cc2nc3ccccc3c(N)c12. The Bertz CT molecular complexity index is 911. The highest BCUT2D eigenvalue weighted by Crippen LogP contribution is 2.38. The third kappa shape index (κ3) is 2.29. The minimum atomic E-state index is 0.865. The molecule has 24 heavy (non-hydrogen) atoms. The van der Waals surface area contributed by atoms with Crippen LogP contribution in [0.5, 0.6) is 0 Å². The van der Waals surface area contributed by atoms with Crippen molar-refractivity contribution in [3.8, 4) is 0 Å². The lowest BCUT2D eigenvalue weighted by molar-refractivity contribution is 0.587. The maximum Gasteiger partial charge on any atom is 0.0737 e. The molecule has 1 aliphatic heterocycles. The van der Waals surface area contributed by atoms with Crippen molar-refractivity contribution in [2.75, 3.05) is 36.8 Å². The number of aryl methyl sites for hydroxylation is 2. The van der Waals surface area contributed by atoms with Gasteiger partial charge < -0.3 is 16.0 Å². The highest BCUT2D eigenvalue weighted by Gasteiger charge is 2.20. The van der Waals surface area contributed by atoms with Crippen LogP contribution in [-0.2, 0) is 6.42 Å². The van der Waals surface area contributed by atoms with Crippen LogP contribution in [0, 0.1) is 6.92 Å². The first-order valence-electron chi connectivity index (χ1n) is 8.76. The molecule has 4 rings (SSSR count).